The molecule has 23 heavy (non-hydrogen) atoms. The smallest absolute Gasteiger partial charge is 0.459 e. The fourth-order valence-corrected chi connectivity index (χ4v) is 5.49. The van der Waals surface area contributed by atoms with Gasteiger partial charge in [0.25, 0.3) is 0 Å². The van der Waals surface area contributed by atoms with E-state index >= 15 is 0 Å². The Morgan fingerprint density at radius 1 is 0.913 bits per heavy atom. The van der Waals surface area contributed by atoms with E-state index in [0.717, 1.165) is 0 Å². The standard InChI is InChI=1S/C17H34O5Si/c1-12(2)17(18)19-16(9)10-11-23(20-13(3)4,21-14(5)6)22-15(7)8/h13-16H,1,10-11H2,2-9H3. The SMILES string of the molecule is C=C(C)C(=O)OC(C)CC[Si](OC(C)C)(OC(C)C)OC(C)C. The van der Waals surface area contributed by atoms with Gasteiger partial charge in [-0.3, -0.25) is 0 Å². The van der Waals surface area contributed by atoms with Crippen molar-refractivity contribution in [1.29, 1.82) is 0 Å². The second-order valence-corrected chi connectivity index (χ2v) is 9.29. The molecule has 6 heteroatoms. The van der Waals surface area contributed by atoms with E-state index in [9.17, 15) is 4.79 Å². The van der Waals surface area contributed by atoms with Crippen LogP contribution in [0.25, 0.3) is 0 Å². The van der Waals surface area contributed by atoms with Crippen LogP contribution in [0.2, 0.25) is 6.04 Å². The summed E-state index contributed by atoms with van der Waals surface area (Å²) in [6, 6.07) is 0.603. The van der Waals surface area contributed by atoms with E-state index in [1.54, 1.807) is 6.92 Å². The van der Waals surface area contributed by atoms with Crippen molar-refractivity contribution < 1.29 is 22.8 Å². The van der Waals surface area contributed by atoms with Crippen LogP contribution in [0.3, 0.4) is 0 Å². The average Bonchev–Trinajstić information content (AvgIpc) is 2.33. The lowest BCUT2D eigenvalue weighted by Crippen LogP contribution is -2.51. The number of esters is 1. The number of hydrogen-bond donors (Lipinski definition) is 0. The van der Waals surface area contributed by atoms with Crippen LogP contribution < -0.4 is 0 Å². The van der Waals surface area contributed by atoms with Gasteiger partial charge >= 0.3 is 14.8 Å². The van der Waals surface area contributed by atoms with Crippen molar-refractivity contribution in [3.05, 3.63) is 12.2 Å². The van der Waals surface area contributed by atoms with Crippen LogP contribution in [-0.2, 0) is 22.8 Å². The van der Waals surface area contributed by atoms with Gasteiger partial charge in [-0.05, 0) is 61.8 Å². The highest BCUT2D eigenvalue weighted by atomic mass is 28.4. The van der Waals surface area contributed by atoms with E-state index in [-0.39, 0.29) is 30.4 Å². The highest BCUT2D eigenvalue weighted by molar-refractivity contribution is 6.60. The molecule has 136 valence electrons. The third-order valence-corrected chi connectivity index (χ3v) is 6.15. The molecule has 1 unspecified atom stereocenters. The molecule has 0 aromatic rings. The maximum atomic E-state index is 11.6. The number of carbonyl (C=O) groups is 1. The van der Waals surface area contributed by atoms with Crippen LogP contribution in [0.5, 0.6) is 0 Å². The number of rotatable bonds is 11. The molecule has 0 aromatic carbocycles. The van der Waals surface area contributed by atoms with Crippen LogP contribution in [0.15, 0.2) is 12.2 Å². The lowest BCUT2D eigenvalue weighted by atomic mass is 10.3. The van der Waals surface area contributed by atoms with Gasteiger partial charge in [0.05, 0.1) is 6.10 Å². The Morgan fingerprint density at radius 2 is 1.30 bits per heavy atom. The summed E-state index contributed by atoms with van der Waals surface area (Å²) in [6.45, 7) is 18.9. The van der Waals surface area contributed by atoms with Crippen molar-refractivity contribution in [1.82, 2.24) is 0 Å². The predicted molar refractivity (Wildman–Crippen MR) is 94.2 cm³/mol. The average molecular weight is 347 g/mol. The van der Waals surface area contributed by atoms with Gasteiger partial charge in [-0.15, -0.1) is 0 Å². The van der Waals surface area contributed by atoms with Crippen LogP contribution in [0, 0.1) is 0 Å². The van der Waals surface area contributed by atoms with Crippen LogP contribution in [0.4, 0.5) is 0 Å². The molecule has 0 aromatic heterocycles. The molecule has 1 atom stereocenters. The minimum Gasteiger partial charge on any atom is -0.459 e. The second kappa shape index (κ2) is 10.2. The molecule has 0 bridgehead atoms. The number of hydrogen-bond acceptors (Lipinski definition) is 5. The van der Waals surface area contributed by atoms with E-state index in [0.29, 0.717) is 18.0 Å². The molecule has 0 rings (SSSR count). The lowest BCUT2D eigenvalue weighted by Gasteiger charge is -2.35. The van der Waals surface area contributed by atoms with Crippen LogP contribution >= 0.6 is 0 Å². The Hall–Kier alpha value is -0.693. The fourth-order valence-electron chi connectivity index (χ4n) is 2.06. The quantitative estimate of drug-likeness (QED) is 0.320. The maximum absolute atomic E-state index is 11.6. The van der Waals surface area contributed by atoms with E-state index < -0.39 is 8.80 Å². The first-order valence-electron chi connectivity index (χ1n) is 8.37. The van der Waals surface area contributed by atoms with E-state index in [4.69, 9.17) is 18.0 Å². The summed E-state index contributed by atoms with van der Waals surface area (Å²) >= 11 is 0. The maximum Gasteiger partial charge on any atom is 0.501 e. The summed E-state index contributed by atoms with van der Waals surface area (Å²) in [5.74, 6) is -0.371. The monoisotopic (exact) mass is 346 g/mol. The van der Waals surface area contributed by atoms with Gasteiger partial charge in [0.2, 0.25) is 0 Å². The molecular weight excluding hydrogens is 312 g/mol. The highest BCUT2D eigenvalue weighted by Crippen LogP contribution is 2.25. The molecule has 0 heterocycles. The van der Waals surface area contributed by atoms with Crippen LogP contribution in [-0.4, -0.2) is 39.2 Å². The summed E-state index contributed by atoms with van der Waals surface area (Å²) in [4.78, 5) is 11.6. The van der Waals surface area contributed by atoms with Crippen molar-refractivity contribution in [2.75, 3.05) is 0 Å². The van der Waals surface area contributed by atoms with Gasteiger partial charge in [-0.1, -0.05) is 6.58 Å². The summed E-state index contributed by atoms with van der Waals surface area (Å²) in [5.41, 5.74) is 0.399. The lowest BCUT2D eigenvalue weighted by molar-refractivity contribution is -0.143. The Kier molecular flexibility index (Phi) is 9.92. The van der Waals surface area contributed by atoms with Gasteiger partial charge in [0.1, 0.15) is 0 Å². The normalized spacial score (nSPS) is 13.7. The molecular formula is C17H34O5Si. The van der Waals surface area contributed by atoms with Crippen molar-refractivity contribution in [2.45, 2.75) is 92.3 Å². The summed E-state index contributed by atoms with van der Waals surface area (Å²) in [7, 11) is -2.84. The van der Waals surface area contributed by atoms with Crippen molar-refractivity contribution >= 4 is 14.8 Å². The third kappa shape index (κ3) is 9.91. The number of carbonyl (C=O) groups excluding carboxylic acids is 1. The molecule has 0 aliphatic rings. The molecule has 0 spiro atoms. The summed E-state index contributed by atoms with van der Waals surface area (Å²) < 4.78 is 23.6. The second-order valence-electron chi connectivity index (χ2n) is 6.72. The van der Waals surface area contributed by atoms with Crippen molar-refractivity contribution in [3.63, 3.8) is 0 Å². The van der Waals surface area contributed by atoms with Crippen molar-refractivity contribution in [2.24, 2.45) is 0 Å². The first kappa shape index (κ1) is 22.3. The molecule has 0 saturated carbocycles. The Morgan fingerprint density at radius 3 is 1.61 bits per heavy atom. The first-order chi connectivity index (χ1) is 10.5. The zero-order chi connectivity index (χ0) is 18.2. The van der Waals surface area contributed by atoms with Crippen molar-refractivity contribution in [3.8, 4) is 0 Å². The summed E-state index contributed by atoms with van der Waals surface area (Å²) in [5, 5.41) is 0. The number of ether oxygens (including phenoxy) is 1. The van der Waals surface area contributed by atoms with Gasteiger partial charge in [-0.25, -0.2) is 4.79 Å². The van der Waals surface area contributed by atoms with Crippen LogP contribution in [0.1, 0.15) is 61.8 Å². The molecule has 0 aliphatic carbocycles. The van der Waals surface area contributed by atoms with E-state index in [1.165, 1.54) is 0 Å². The topological polar surface area (TPSA) is 54.0 Å². The first-order valence-corrected chi connectivity index (χ1v) is 10.3. The molecule has 0 radical (unpaired) electrons. The molecule has 0 aliphatic heterocycles. The zero-order valence-corrected chi connectivity index (χ0v) is 17.0. The minimum absolute atomic E-state index is 0.00689. The molecule has 5 nitrogen and oxygen atoms in total. The van der Waals surface area contributed by atoms with E-state index in [1.807, 2.05) is 48.5 Å². The Bertz CT molecular complexity index is 353. The summed E-state index contributed by atoms with van der Waals surface area (Å²) in [6.07, 6.45) is 0.401. The highest BCUT2D eigenvalue weighted by Gasteiger charge is 2.44. The largest absolute Gasteiger partial charge is 0.501 e. The molecule has 0 fully saturated rings. The zero-order valence-electron chi connectivity index (χ0n) is 16.0. The van der Waals surface area contributed by atoms with Gasteiger partial charge in [0, 0.05) is 29.9 Å². The third-order valence-electron chi connectivity index (χ3n) is 2.76. The Balaban J connectivity index is 4.96. The van der Waals surface area contributed by atoms with Gasteiger partial charge < -0.3 is 18.0 Å². The Labute approximate surface area is 142 Å². The fraction of sp³-hybridized carbons (Fsp3) is 0.824. The predicted octanol–water partition coefficient (Wildman–Crippen LogP) is 4.10. The van der Waals surface area contributed by atoms with E-state index in [2.05, 4.69) is 6.58 Å². The molecule has 0 amide bonds. The van der Waals surface area contributed by atoms with Gasteiger partial charge in [0.15, 0.2) is 0 Å². The van der Waals surface area contributed by atoms with Gasteiger partial charge in [-0.2, -0.15) is 0 Å². The molecule has 0 N–H and O–H groups in total. The molecule has 0 saturated heterocycles. The minimum atomic E-state index is -2.84.